The van der Waals surface area contributed by atoms with Crippen LogP contribution in [0.2, 0.25) is 0 Å². The Balaban J connectivity index is 1.95. The van der Waals surface area contributed by atoms with Gasteiger partial charge in [-0.3, -0.25) is 4.21 Å². The average Bonchev–Trinajstić information content (AvgIpc) is 2.34. The van der Waals surface area contributed by atoms with Crippen molar-refractivity contribution in [2.75, 3.05) is 18.6 Å². The van der Waals surface area contributed by atoms with E-state index < -0.39 is 10.8 Å². The average molecular weight is 267 g/mol. The van der Waals surface area contributed by atoms with Crippen molar-refractivity contribution in [3.63, 3.8) is 0 Å². The number of rotatable bonds is 5. The highest BCUT2D eigenvalue weighted by molar-refractivity contribution is 7.84. The third kappa shape index (κ3) is 3.56. The van der Waals surface area contributed by atoms with Crippen molar-refractivity contribution in [3.8, 4) is 5.75 Å². The molecule has 0 saturated carbocycles. The maximum Gasteiger partial charge on any atom is 0.115 e. The predicted molar refractivity (Wildman–Crippen MR) is 75.3 cm³/mol. The first kappa shape index (κ1) is 13.6. The van der Waals surface area contributed by atoms with Crippen LogP contribution in [0, 0.1) is 0 Å². The van der Waals surface area contributed by atoms with Crippen molar-refractivity contribution < 1.29 is 9.32 Å². The molecule has 0 aromatic heterocycles. The molecule has 0 radical (unpaired) electrons. The van der Waals surface area contributed by atoms with Gasteiger partial charge >= 0.3 is 0 Å². The quantitative estimate of drug-likeness (QED) is 0.804. The minimum atomic E-state index is -0.701. The maximum absolute atomic E-state index is 11.0. The van der Waals surface area contributed by atoms with Crippen LogP contribution in [0.15, 0.2) is 18.2 Å². The van der Waals surface area contributed by atoms with E-state index in [9.17, 15) is 9.32 Å². The van der Waals surface area contributed by atoms with Gasteiger partial charge in [0.15, 0.2) is 0 Å². The van der Waals surface area contributed by atoms with Gasteiger partial charge in [0, 0.05) is 28.9 Å². The topological polar surface area (TPSA) is 49.3 Å². The molecule has 100 valence electrons. The molecule has 1 aliphatic carbocycles. The van der Waals surface area contributed by atoms with Gasteiger partial charge in [0.25, 0.3) is 0 Å². The first-order valence-corrected chi connectivity index (χ1v) is 8.25. The molecule has 2 N–H and O–H groups in total. The molecule has 3 nitrogen and oxygen atoms in total. The molecule has 1 aromatic rings. The van der Waals surface area contributed by atoms with Crippen molar-refractivity contribution in [3.05, 3.63) is 29.3 Å². The number of aryl methyl sites for hydroxylation is 1. The molecule has 2 atom stereocenters. The molecular weight excluding hydrogens is 246 g/mol. The summed E-state index contributed by atoms with van der Waals surface area (Å²) in [6, 6.07) is 6.01. The summed E-state index contributed by atoms with van der Waals surface area (Å²) in [6.07, 6.45) is 6.09. The highest BCUT2D eigenvalue weighted by atomic mass is 32.2. The molecule has 1 aromatic carbocycles. The van der Waals surface area contributed by atoms with Crippen molar-refractivity contribution in [1.82, 2.24) is 5.32 Å². The molecule has 18 heavy (non-hydrogen) atoms. The van der Waals surface area contributed by atoms with Gasteiger partial charge in [0.05, 0.1) is 0 Å². The van der Waals surface area contributed by atoms with E-state index in [2.05, 4.69) is 5.32 Å². The van der Waals surface area contributed by atoms with Crippen LogP contribution in [0.1, 0.15) is 36.4 Å². The summed E-state index contributed by atoms with van der Waals surface area (Å²) in [5.74, 6) is 1.10. The Morgan fingerprint density at radius 2 is 2.33 bits per heavy atom. The van der Waals surface area contributed by atoms with Gasteiger partial charge in [-0.2, -0.15) is 0 Å². The molecule has 0 aliphatic heterocycles. The van der Waals surface area contributed by atoms with Gasteiger partial charge < -0.3 is 10.4 Å². The number of hydrogen-bond acceptors (Lipinski definition) is 3. The van der Waals surface area contributed by atoms with E-state index in [4.69, 9.17) is 0 Å². The lowest BCUT2D eigenvalue weighted by atomic mass is 9.87. The molecule has 0 spiro atoms. The van der Waals surface area contributed by atoms with E-state index in [1.54, 1.807) is 12.3 Å². The van der Waals surface area contributed by atoms with Crippen LogP contribution < -0.4 is 5.32 Å². The van der Waals surface area contributed by atoms with Crippen LogP contribution in [-0.2, 0) is 17.2 Å². The van der Waals surface area contributed by atoms with E-state index in [-0.39, 0.29) is 0 Å². The van der Waals surface area contributed by atoms with Crippen LogP contribution in [-0.4, -0.2) is 27.9 Å². The molecule has 1 aliphatic rings. The first-order valence-electron chi connectivity index (χ1n) is 6.52. The summed E-state index contributed by atoms with van der Waals surface area (Å²) >= 11 is 0. The number of hydrogen-bond donors (Lipinski definition) is 2. The normalized spacial score (nSPS) is 20.4. The number of phenolic OH excluding ortho intramolecular Hbond substituents is 1. The highest BCUT2D eigenvalue weighted by Crippen LogP contribution is 2.31. The number of fused-ring (bicyclic) bond motifs is 1. The summed E-state index contributed by atoms with van der Waals surface area (Å²) in [4.78, 5) is 0. The minimum absolute atomic E-state index is 0.339. The van der Waals surface area contributed by atoms with E-state index in [1.165, 1.54) is 17.5 Å². The summed E-state index contributed by atoms with van der Waals surface area (Å²) in [5.41, 5.74) is 2.58. The van der Waals surface area contributed by atoms with E-state index in [1.807, 2.05) is 12.1 Å². The summed E-state index contributed by atoms with van der Waals surface area (Å²) in [7, 11) is -0.701. The van der Waals surface area contributed by atoms with Gasteiger partial charge in [0.1, 0.15) is 5.75 Å². The number of phenols is 1. The Morgan fingerprint density at radius 3 is 3.11 bits per heavy atom. The second-order valence-corrected chi connectivity index (χ2v) is 6.47. The summed E-state index contributed by atoms with van der Waals surface area (Å²) in [6.45, 7) is 0.888. The zero-order valence-corrected chi connectivity index (χ0v) is 11.6. The summed E-state index contributed by atoms with van der Waals surface area (Å²) in [5, 5.41) is 13.1. The van der Waals surface area contributed by atoms with Gasteiger partial charge in [-0.15, -0.1) is 0 Å². The lowest BCUT2D eigenvalue weighted by molar-refractivity contribution is 0.447. The van der Waals surface area contributed by atoms with Crippen molar-refractivity contribution in [2.24, 2.45) is 0 Å². The second kappa shape index (κ2) is 6.34. The Labute approximate surface area is 111 Å². The standard InChI is InChI=1S/C14H21NO2S/c1-18(17)9-3-8-15-14-5-2-4-11-6-7-12(16)10-13(11)14/h6-7,10,14-16H,2-5,8-9H2,1H3. The maximum atomic E-state index is 11.0. The second-order valence-electron chi connectivity index (χ2n) is 4.91. The van der Waals surface area contributed by atoms with Gasteiger partial charge in [-0.05, 0) is 55.5 Å². The van der Waals surface area contributed by atoms with E-state index in [0.29, 0.717) is 11.8 Å². The molecule has 0 bridgehead atoms. The fourth-order valence-corrected chi connectivity index (χ4v) is 3.10. The van der Waals surface area contributed by atoms with Gasteiger partial charge in [0.2, 0.25) is 0 Å². The van der Waals surface area contributed by atoms with Crippen LogP contribution in [0.5, 0.6) is 5.75 Å². The fourth-order valence-electron chi connectivity index (χ4n) is 2.55. The van der Waals surface area contributed by atoms with Gasteiger partial charge in [-0.25, -0.2) is 0 Å². The van der Waals surface area contributed by atoms with Crippen molar-refractivity contribution >= 4 is 10.8 Å². The Bertz CT molecular complexity index is 434. The zero-order valence-electron chi connectivity index (χ0n) is 10.8. The zero-order chi connectivity index (χ0) is 13.0. The molecule has 0 saturated heterocycles. The molecular formula is C14H21NO2S. The van der Waals surface area contributed by atoms with Crippen LogP contribution >= 0.6 is 0 Å². The monoisotopic (exact) mass is 267 g/mol. The molecule has 0 heterocycles. The number of aromatic hydroxyl groups is 1. The molecule has 0 fully saturated rings. The van der Waals surface area contributed by atoms with Crippen LogP contribution in [0.25, 0.3) is 0 Å². The van der Waals surface area contributed by atoms with Crippen molar-refractivity contribution in [1.29, 1.82) is 0 Å². The van der Waals surface area contributed by atoms with Gasteiger partial charge in [-0.1, -0.05) is 6.07 Å². The fraction of sp³-hybridized carbons (Fsp3) is 0.571. The Kier molecular flexibility index (Phi) is 4.78. The lowest BCUT2D eigenvalue weighted by Gasteiger charge is -2.26. The van der Waals surface area contributed by atoms with E-state index in [0.717, 1.165) is 31.6 Å². The smallest absolute Gasteiger partial charge is 0.115 e. The third-order valence-corrected chi connectivity index (χ3v) is 4.31. The van der Waals surface area contributed by atoms with Crippen LogP contribution in [0.3, 0.4) is 0 Å². The largest absolute Gasteiger partial charge is 0.508 e. The molecule has 2 unspecified atom stereocenters. The summed E-state index contributed by atoms with van der Waals surface area (Å²) < 4.78 is 11.0. The molecule has 2 rings (SSSR count). The highest BCUT2D eigenvalue weighted by Gasteiger charge is 2.19. The van der Waals surface area contributed by atoms with E-state index >= 15 is 0 Å². The molecule has 0 amide bonds. The number of benzene rings is 1. The SMILES string of the molecule is CS(=O)CCCNC1CCCc2ccc(O)cc21. The lowest BCUT2D eigenvalue weighted by Crippen LogP contribution is -2.26. The Hall–Kier alpha value is -0.870. The molecule has 4 heteroatoms. The van der Waals surface area contributed by atoms with Crippen molar-refractivity contribution in [2.45, 2.75) is 31.7 Å². The predicted octanol–water partition coefficient (Wildman–Crippen LogP) is 2.13. The third-order valence-electron chi connectivity index (χ3n) is 3.44. The number of nitrogens with one attached hydrogen (secondary N) is 1. The minimum Gasteiger partial charge on any atom is -0.508 e. The Morgan fingerprint density at radius 1 is 1.50 bits per heavy atom. The van der Waals surface area contributed by atoms with Crippen LogP contribution in [0.4, 0.5) is 0 Å². The first-order chi connectivity index (χ1) is 8.66.